The van der Waals surface area contributed by atoms with Crippen LogP contribution in [0.15, 0.2) is 48.8 Å². The van der Waals surface area contributed by atoms with Crippen molar-refractivity contribution in [2.45, 2.75) is 64.1 Å². The van der Waals surface area contributed by atoms with Gasteiger partial charge in [-0.15, -0.1) is 5.10 Å². The van der Waals surface area contributed by atoms with Gasteiger partial charge in [0.05, 0.1) is 5.69 Å². The van der Waals surface area contributed by atoms with E-state index < -0.39 is 11.6 Å². The van der Waals surface area contributed by atoms with Gasteiger partial charge in [-0.3, -0.25) is 4.79 Å². The molecule has 1 fully saturated rings. The number of fused-ring (bicyclic) bond motifs is 1. The van der Waals surface area contributed by atoms with E-state index in [9.17, 15) is 14.7 Å². The molecule has 0 bridgehead atoms. The van der Waals surface area contributed by atoms with Gasteiger partial charge < -0.3 is 20.6 Å². The van der Waals surface area contributed by atoms with Crippen LogP contribution in [-0.2, 0) is 0 Å². The number of benzene rings is 1. The van der Waals surface area contributed by atoms with E-state index in [1.807, 2.05) is 39.0 Å². The SMILES string of the molecule is CC(C)(C)N(C(=O)O)C1CCC(Nc2cc(NC(=O)c3ccccc3)c3nccn3n2)CC1. The van der Waals surface area contributed by atoms with Crippen LogP contribution >= 0.6 is 0 Å². The van der Waals surface area contributed by atoms with E-state index in [4.69, 9.17) is 0 Å². The fraction of sp³-hybridized carbons (Fsp3) is 0.417. The third-order valence-corrected chi connectivity index (χ3v) is 5.99. The van der Waals surface area contributed by atoms with Crippen molar-refractivity contribution in [1.29, 1.82) is 0 Å². The van der Waals surface area contributed by atoms with Crippen LogP contribution in [0.3, 0.4) is 0 Å². The predicted molar refractivity (Wildman–Crippen MR) is 127 cm³/mol. The Kier molecular flexibility index (Phi) is 6.22. The predicted octanol–water partition coefficient (Wildman–Crippen LogP) is 4.48. The first kappa shape index (κ1) is 22.6. The number of anilines is 2. The van der Waals surface area contributed by atoms with Crippen molar-refractivity contribution in [1.82, 2.24) is 19.5 Å². The van der Waals surface area contributed by atoms with Crippen LogP contribution in [0.2, 0.25) is 0 Å². The maximum absolute atomic E-state index is 12.7. The van der Waals surface area contributed by atoms with Crippen molar-refractivity contribution in [3.63, 3.8) is 0 Å². The van der Waals surface area contributed by atoms with Gasteiger partial charge >= 0.3 is 6.09 Å². The van der Waals surface area contributed by atoms with Crippen molar-refractivity contribution in [3.8, 4) is 0 Å². The first-order chi connectivity index (χ1) is 15.7. The van der Waals surface area contributed by atoms with Gasteiger partial charge in [-0.1, -0.05) is 18.2 Å². The molecule has 1 aromatic carbocycles. The molecule has 174 valence electrons. The van der Waals surface area contributed by atoms with Gasteiger partial charge in [0.2, 0.25) is 0 Å². The Balaban J connectivity index is 1.47. The molecule has 9 heteroatoms. The minimum absolute atomic E-state index is 0.00496. The Morgan fingerprint density at radius 2 is 1.82 bits per heavy atom. The van der Waals surface area contributed by atoms with E-state index in [0.717, 1.165) is 25.7 Å². The number of hydrogen-bond donors (Lipinski definition) is 3. The lowest BCUT2D eigenvalue weighted by molar-refractivity contribution is 0.0556. The molecule has 1 aliphatic carbocycles. The van der Waals surface area contributed by atoms with Crippen molar-refractivity contribution >= 4 is 29.2 Å². The third kappa shape index (κ3) is 5.08. The largest absolute Gasteiger partial charge is 0.465 e. The molecule has 2 aromatic heterocycles. The van der Waals surface area contributed by atoms with Crippen LogP contribution < -0.4 is 10.6 Å². The summed E-state index contributed by atoms with van der Waals surface area (Å²) in [6.45, 7) is 5.79. The number of hydrogen-bond acceptors (Lipinski definition) is 5. The van der Waals surface area contributed by atoms with E-state index in [1.54, 1.807) is 40.0 Å². The molecule has 0 aliphatic heterocycles. The first-order valence-electron chi connectivity index (χ1n) is 11.2. The van der Waals surface area contributed by atoms with Crippen molar-refractivity contribution < 1.29 is 14.7 Å². The molecule has 0 atom stereocenters. The minimum Gasteiger partial charge on any atom is -0.465 e. The Bertz CT molecular complexity index is 1130. The van der Waals surface area contributed by atoms with Crippen LogP contribution in [0.1, 0.15) is 56.8 Å². The van der Waals surface area contributed by atoms with Gasteiger partial charge in [0.1, 0.15) is 5.82 Å². The molecule has 2 amide bonds. The molecule has 1 aliphatic rings. The number of carbonyl (C=O) groups excluding carboxylic acids is 1. The second kappa shape index (κ2) is 9.09. The summed E-state index contributed by atoms with van der Waals surface area (Å²) >= 11 is 0. The standard InChI is InChI=1S/C24H30N6O3/c1-24(2,3)30(23(32)33)18-11-9-17(10-12-18)26-20-15-19(21-25-13-14-29(21)28-20)27-22(31)16-7-5-4-6-8-16/h4-8,13-15,17-18H,9-12H2,1-3H3,(H,26,28)(H,27,31)(H,32,33). The quantitative estimate of drug-likeness (QED) is 0.528. The second-order valence-electron chi connectivity index (χ2n) is 9.43. The molecule has 33 heavy (non-hydrogen) atoms. The lowest BCUT2D eigenvalue weighted by Gasteiger charge is -2.42. The van der Waals surface area contributed by atoms with Gasteiger partial charge in [-0.25, -0.2) is 14.3 Å². The second-order valence-corrected chi connectivity index (χ2v) is 9.43. The Morgan fingerprint density at radius 1 is 1.12 bits per heavy atom. The molecule has 0 unspecified atom stereocenters. The summed E-state index contributed by atoms with van der Waals surface area (Å²) in [7, 11) is 0. The van der Waals surface area contributed by atoms with Gasteiger partial charge in [0, 0.05) is 41.6 Å². The molecule has 2 heterocycles. The zero-order chi connectivity index (χ0) is 23.6. The first-order valence-corrected chi connectivity index (χ1v) is 11.2. The van der Waals surface area contributed by atoms with Gasteiger partial charge in [-0.05, 0) is 58.6 Å². The van der Waals surface area contributed by atoms with Crippen molar-refractivity contribution in [3.05, 3.63) is 54.4 Å². The average molecular weight is 451 g/mol. The van der Waals surface area contributed by atoms with E-state index in [-0.39, 0.29) is 18.0 Å². The summed E-state index contributed by atoms with van der Waals surface area (Å²) in [6.07, 6.45) is 5.74. The zero-order valence-corrected chi connectivity index (χ0v) is 19.2. The van der Waals surface area contributed by atoms with Crippen LogP contribution in [0.5, 0.6) is 0 Å². The summed E-state index contributed by atoms with van der Waals surface area (Å²) < 4.78 is 1.64. The average Bonchev–Trinajstić information content (AvgIpc) is 3.23. The van der Waals surface area contributed by atoms with E-state index >= 15 is 0 Å². The van der Waals surface area contributed by atoms with E-state index in [2.05, 4.69) is 20.7 Å². The molecule has 0 saturated heterocycles. The van der Waals surface area contributed by atoms with E-state index in [1.165, 1.54) is 0 Å². The normalized spacial score (nSPS) is 18.6. The monoisotopic (exact) mass is 450 g/mol. The molecule has 0 spiro atoms. The molecule has 9 nitrogen and oxygen atoms in total. The van der Waals surface area contributed by atoms with Gasteiger partial charge in [0.25, 0.3) is 5.91 Å². The van der Waals surface area contributed by atoms with Crippen LogP contribution in [0, 0.1) is 0 Å². The number of amides is 2. The number of carboxylic acid groups (broad SMARTS) is 1. The summed E-state index contributed by atoms with van der Waals surface area (Å²) in [5, 5.41) is 20.7. The lowest BCUT2D eigenvalue weighted by Crippen LogP contribution is -2.52. The molecule has 4 rings (SSSR count). The smallest absolute Gasteiger partial charge is 0.407 e. The lowest BCUT2D eigenvalue weighted by atomic mass is 9.88. The van der Waals surface area contributed by atoms with Crippen LogP contribution in [0.4, 0.5) is 16.3 Å². The number of rotatable bonds is 5. The summed E-state index contributed by atoms with van der Waals surface area (Å²) in [5.74, 6) is 0.423. The van der Waals surface area contributed by atoms with Crippen molar-refractivity contribution in [2.24, 2.45) is 0 Å². The van der Waals surface area contributed by atoms with Crippen LogP contribution in [-0.4, -0.2) is 54.2 Å². The molecule has 3 N–H and O–H groups in total. The van der Waals surface area contributed by atoms with E-state index in [0.29, 0.717) is 22.7 Å². The summed E-state index contributed by atoms with van der Waals surface area (Å²) in [4.78, 5) is 30.4. The number of nitrogens with one attached hydrogen (secondary N) is 2. The number of aromatic nitrogens is 3. The number of nitrogens with zero attached hydrogens (tertiary/aromatic N) is 4. The molecule has 0 radical (unpaired) electrons. The molecular formula is C24H30N6O3. The zero-order valence-electron chi connectivity index (χ0n) is 19.2. The highest BCUT2D eigenvalue weighted by Crippen LogP contribution is 2.30. The van der Waals surface area contributed by atoms with Gasteiger partial charge in [0.15, 0.2) is 5.65 Å². The fourth-order valence-electron chi connectivity index (χ4n) is 4.54. The molecule has 1 saturated carbocycles. The topological polar surface area (TPSA) is 112 Å². The molecular weight excluding hydrogens is 420 g/mol. The Labute approximate surface area is 192 Å². The highest BCUT2D eigenvalue weighted by molar-refractivity contribution is 6.06. The Hall–Kier alpha value is -3.62. The summed E-state index contributed by atoms with van der Waals surface area (Å²) in [5.41, 5.74) is 1.27. The number of carbonyl (C=O) groups is 2. The maximum Gasteiger partial charge on any atom is 0.407 e. The number of imidazole rings is 1. The fourth-order valence-corrected chi connectivity index (χ4v) is 4.54. The third-order valence-electron chi connectivity index (χ3n) is 5.99. The maximum atomic E-state index is 12.7. The minimum atomic E-state index is -0.870. The molecule has 3 aromatic rings. The Morgan fingerprint density at radius 3 is 2.45 bits per heavy atom. The van der Waals surface area contributed by atoms with Crippen LogP contribution in [0.25, 0.3) is 5.65 Å². The highest BCUT2D eigenvalue weighted by atomic mass is 16.4. The van der Waals surface area contributed by atoms with Gasteiger partial charge in [-0.2, -0.15) is 0 Å². The highest BCUT2D eigenvalue weighted by Gasteiger charge is 2.35. The summed E-state index contributed by atoms with van der Waals surface area (Å²) in [6, 6.07) is 11.0. The van der Waals surface area contributed by atoms with Crippen molar-refractivity contribution in [2.75, 3.05) is 10.6 Å².